The van der Waals surface area contributed by atoms with Gasteiger partial charge >= 0.3 is 0 Å². The third kappa shape index (κ3) is 6.19. The molecule has 1 aliphatic rings. The number of nitrogens with one attached hydrogen (secondary N) is 1. The second-order valence-electron chi connectivity index (χ2n) is 5.94. The zero-order chi connectivity index (χ0) is 16.7. The molecule has 0 unspecified atom stereocenters. The van der Waals surface area contributed by atoms with Crippen LogP contribution >= 0.6 is 0 Å². The van der Waals surface area contributed by atoms with Crippen LogP contribution in [0.1, 0.15) is 5.56 Å². The van der Waals surface area contributed by atoms with E-state index in [0.29, 0.717) is 19.6 Å². The normalized spacial score (nSPS) is 18.6. The first-order valence-corrected chi connectivity index (χ1v) is 9.71. The van der Waals surface area contributed by atoms with E-state index in [1.165, 1.54) is 5.56 Å². The summed E-state index contributed by atoms with van der Waals surface area (Å²) in [7, 11) is 1.12. The van der Waals surface area contributed by atoms with Gasteiger partial charge in [0.15, 0.2) is 15.8 Å². The van der Waals surface area contributed by atoms with Crippen LogP contribution in [0.2, 0.25) is 0 Å². The maximum Gasteiger partial charge on any atom is 0.193 e. The van der Waals surface area contributed by atoms with Crippen molar-refractivity contribution in [2.24, 2.45) is 4.99 Å². The number of hydrogen-bond acceptors (Lipinski definition) is 4. The lowest BCUT2D eigenvalue weighted by atomic mass is 10.2. The van der Waals surface area contributed by atoms with Crippen LogP contribution in [0.3, 0.4) is 0 Å². The minimum absolute atomic E-state index is 0.273. The molecule has 0 spiro atoms. The lowest BCUT2D eigenvalue weighted by molar-refractivity contribution is 0.299. The monoisotopic (exact) mass is 338 g/mol. The van der Waals surface area contributed by atoms with Gasteiger partial charge in [0.25, 0.3) is 0 Å². The standard InChI is InChI=1S/C16H26N4O2S/c1-19(2)16(18-14-15-6-4-3-5-7-15)17-8-9-20-10-12-23(21,22)13-11-20/h3-7H,8-14H2,1-2H3,(H,17,18). The highest BCUT2D eigenvalue weighted by Crippen LogP contribution is 2.03. The smallest absolute Gasteiger partial charge is 0.193 e. The van der Waals surface area contributed by atoms with Gasteiger partial charge in [0, 0.05) is 40.3 Å². The highest BCUT2D eigenvalue weighted by atomic mass is 32.2. The molecule has 0 amide bonds. The largest absolute Gasteiger partial charge is 0.355 e. The summed E-state index contributed by atoms with van der Waals surface area (Å²) < 4.78 is 22.8. The van der Waals surface area contributed by atoms with Crippen molar-refractivity contribution in [3.05, 3.63) is 35.9 Å². The molecule has 1 saturated heterocycles. The Hall–Kier alpha value is -1.60. The first kappa shape index (κ1) is 17.7. The van der Waals surface area contributed by atoms with Crippen LogP contribution in [-0.2, 0) is 16.4 Å². The van der Waals surface area contributed by atoms with Crippen LogP contribution in [0.25, 0.3) is 0 Å². The topological polar surface area (TPSA) is 65.0 Å². The van der Waals surface area contributed by atoms with Gasteiger partial charge < -0.3 is 10.2 Å². The Morgan fingerprint density at radius 2 is 1.87 bits per heavy atom. The average molecular weight is 338 g/mol. The minimum atomic E-state index is -2.80. The van der Waals surface area contributed by atoms with Gasteiger partial charge in [0.2, 0.25) is 0 Å². The fourth-order valence-electron chi connectivity index (χ4n) is 2.40. The molecule has 0 atom stereocenters. The Morgan fingerprint density at radius 1 is 1.22 bits per heavy atom. The SMILES string of the molecule is CN(C)C(=NCc1ccccc1)NCCN1CCS(=O)(=O)CC1. The molecule has 0 radical (unpaired) electrons. The van der Waals surface area contributed by atoms with Crippen LogP contribution in [0.15, 0.2) is 35.3 Å². The number of aliphatic imine (C=N–C) groups is 1. The maximum absolute atomic E-state index is 11.4. The Morgan fingerprint density at radius 3 is 2.48 bits per heavy atom. The van der Waals surface area contributed by atoms with E-state index in [2.05, 4.69) is 27.3 Å². The Labute approximate surface area is 139 Å². The van der Waals surface area contributed by atoms with Gasteiger partial charge in [0.05, 0.1) is 18.1 Å². The third-order valence-corrected chi connectivity index (χ3v) is 5.44. The van der Waals surface area contributed by atoms with E-state index in [0.717, 1.165) is 19.0 Å². The van der Waals surface area contributed by atoms with Gasteiger partial charge in [-0.05, 0) is 5.56 Å². The Balaban J connectivity index is 1.79. The zero-order valence-electron chi connectivity index (χ0n) is 13.9. The van der Waals surface area contributed by atoms with E-state index >= 15 is 0 Å². The molecule has 0 bridgehead atoms. The molecule has 1 aliphatic heterocycles. The predicted molar refractivity (Wildman–Crippen MR) is 94.4 cm³/mol. The molecule has 0 aliphatic carbocycles. The summed E-state index contributed by atoms with van der Waals surface area (Å²) in [5, 5.41) is 3.34. The summed E-state index contributed by atoms with van der Waals surface area (Å²) in [5.41, 5.74) is 1.18. The van der Waals surface area contributed by atoms with Gasteiger partial charge in [-0.25, -0.2) is 13.4 Å². The van der Waals surface area contributed by atoms with E-state index in [4.69, 9.17) is 0 Å². The minimum Gasteiger partial charge on any atom is -0.355 e. The van der Waals surface area contributed by atoms with Gasteiger partial charge in [-0.2, -0.15) is 0 Å². The predicted octanol–water partition coefficient (Wildman–Crippen LogP) is 0.424. The van der Waals surface area contributed by atoms with Crippen molar-refractivity contribution in [3.8, 4) is 0 Å². The highest BCUT2D eigenvalue weighted by Gasteiger charge is 2.20. The summed E-state index contributed by atoms with van der Waals surface area (Å²) in [6.07, 6.45) is 0. The lowest BCUT2D eigenvalue weighted by Gasteiger charge is -2.27. The lowest BCUT2D eigenvalue weighted by Crippen LogP contribution is -2.45. The summed E-state index contributed by atoms with van der Waals surface area (Å²) in [5.74, 6) is 1.39. The molecule has 1 aromatic rings. The molecule has 6 nitrogen and oxygen atoms in total. The van der Waals surface area contributed by atoms with Crippen LogP contribution in [0, 0.1) is 0 Å². The van der Waals surface area contributed by atoms with E-state index < -0.39 is 9.84 Å². The van der Waals surface area contributed by atoms with E-state index in [1.54, 1.807) is 0 Å². The summed E-state index contributed by atoms with van der Waals surface area (Å²) in [4.78, 5) is 8.76. The molecule has 128 valence electrons. The van der Waals surface area contributed by atoms with Gasteiger partial charge in [0.1, 0.15) is 0 Å². The summed E-state index contributed by atoms with van der Waals surface area (Å²) in [6.45, 7) is 3.48. The molecular weight excluding hydrogens is 312 g/mol. The fraction of sp³-hybridized carbons (Fsp3) is 0.562. The number of hydrogen-bond donors (Lipinski definition) is 1. The van der Waals surface area contributed by atoms with E-state index in [1.807, 2.05) is 37.2 Å². The van der Waals surface area contributed by atoms with Crippen molar-refractivity contribution in [1.29, 1.82) is 0 Å². The first-order chi connectivity index (χ1) is 11.0. The quantitative estimate of drug-likeness (QED) is 0.623. The third-order valence-electron chi connectivity index (χ3n) is 3.83. The van der Waals surface area contributed by atoms with Crippen LogP contribution in [0.5, 0.6) is 0 Å². The molecule has 1 N–H and O–H groups in total. The molecule has 1 heterocycles. The van der Waals surface area contributed by atoms with Crippen LogP contribution < -0.4 is 5.32 Å². The van der Waals surface area contributed by atoms with Crippen LogP contribution in [0.4, 0.5) is 0 Å². The first-order valence-electron chi connectivity index (χ1n) is 7.89. The Kier molecular flexibility index (Phi) is 6.41. The molecule has 1 fully saturated rings. The zero-order valence-corrected chi connectivity index (χ0v) is 14.7. The molecular formula is C16H26N4O2S. The number of rotatable bonds is 5. The van der Waals surface area contributed by atoms with Crippen molar-refractivity contribution in [3.63, 3.8) is 0 Å². The van der Waals surface area contributed by atoms with Crippen molar-refractivity contribution in [2.75, 3.05) is 51.8 Å². The summed E-state index contributed by atoms with van der Waals surface area (Å²) >= 11 is 0. The molecule has 1 aromatic carbocycles. The van der Waals surface area contributed by atoms with Crippen molar-refractivity contribution in [2.45, 2.75) is 6.54 Å². The van der Waals surface area contributed by atoms with Crippen molar-refractivity contribution >= 4 is 15.8 Å². The van der Waals surface area contributed by atoms with E-state index in [9.17, 15) is 8.42 Å². The number of benzene rings is 1. The van der Waals surface area contributed by atoms with Gasteiger partial charge in [-0.3, -0.25) is 4.90 Å². The Bertz CT molecular complexity index is 600. The van der Waals surface area contributed by atoms with Crippen molar-refractivity contribution < 1.29 is 8.42 Å². The maximum atomic E-state index is 11.4. The van der Waals surface area contributed by atoms with Crippen LogP contribution in [-0.4, -0.2) is 76.0 Å². The average Bonchev–Trinajstić information content (AvgIpc) is 2.52. The number of guanidine groups is 1. The molecule has 7 heteroatoms. The molecule has 0 aromatic heterocycles. The molecule has 2 rings (SSSR count). The number of sulfone groups is 1. The molecule has 23 heavy (non-hydrogen) atoms. The van der Waals surface area contributed by atoms with Gasteiger partial charge in [-0.1, -0.05) is 30.3 Å². The van der Waals surface area contributed by atoms with Gasteiger partial charge in [-0.15, -0.1) is 0 Å². The second kappa shape index (κ2) is 8.31. The highest BCUT2D eigenvalue weighted by molar-refractivity contribution is 7.91. The summed E-state index contributed by atoms with van der Waals surface area (Å²) in [6, 6.07) is 10.1. The second-order valence-corrected chi connectivity index (χ2v) is 8.24. The van der Waals surface area contributed by atoms with E-state index in [-0.39, 0.29) is 11.5 Å². The number of nitrogens with zero attached hydrogens (tertiary/aromatic N) is 3. The molecule has 0 saturated carbocycles. The van der Waals surface area contributed by atoms with Crippen molar-refractivity contribution in [1.82, 2.24) is 15.1 Å². The fourth-order valence-corrected chi connectivity index (χ4v) is 3.68.